The lowest BCUT2D eigenvalue weighted by Crippen LogP contribution is -2.36. The van der Waals surface area contributed by atoms with E-state index in [0.29, 0.717) is 11.6 Å². The number of carbonyl (C=O) groups excluding carboxylic acids is 2. The molecule has 1 aromatic rings. The molecule has 0 spiro atoms. The highest BCUT2D eigenvalue weighted by atomic mass is 16.2. The van der Waals surface area contributed by atoms with Crippen molar-refractivity contribution >= 4 is 17.5 Å². The Morgan fingerprint density at radius 3 is 2.35 bits per heavy atom. The summed E-state index contributed by atoms with van der Waals surface area (Å²) in [7, 11) is 0. The number of nitrogens with one attached hydrogen (secondary N) is 3. The maximum Gasteiger partial charge on any atom is 0.251 e. The number of rotatable bonds is 4. The summed E-state index contributed by atoms with van der Waals surface area (Å²) in [6.07, 6.45) is 7.75. The predicted octanol–water partition coefficient (Wildman–Crippen LogP) is 2.44. The molecule has 2 amide bonds. The van der Waals surface area contributed by atoms with Gasteiger partial charge in [-0.25, -0.2) is 0 Å². The van der Waals surface area contributed by atoms with Crippen molar-refractivity contribution in [2.75, 3.05) is 11.9 Å². The zero-order chi connectivity index (χ0) is 16.1. The maximum absolute atomic E-state index is 12.2. The molecule has 1 saturated heterocycles. The number of anilines is 1. The zero-order valence-corrected chi connectivity index (χ0v) is 13.4. The van der Waals surface area contributed by atoms with Crippen molar-refractivity contribution in [1.29, 1.82) is 0 Å². The second-order valence-electron chi connectivity index (χ2n) is 6.52. The third-order valence-corrected chi connectivity index (χ3v) is 4.73. The van der Waals surface area contributed by atoms with Crippen LogP contribution < -0.4 is 16.0 Å². The topological polar surface area (TPSA) is 70.2 Å². The van der Waals surface area contributed by atoms with Crippen LogP contribution in [-0.2, 0) is 4.79 Å². The Hall–Kier alpha value is -1.88. The molecule has 5 nitrogen and oxygen atoms in total. The molecule has 1 aliphatic carbocycles. The van der Waals surface area contributed by atoms with Crippen LogP contribution in [0.2, 0.25) is 0 Å². The van der Waals surface area contributed by atoms with E-state index in [-0.39, 0.29) is 17.9 Å². The summed E-state index contributed by atoms with van der Waals surface area (Å²) in [5.74, 6) is -0.0193. The Kier molecular flexibility index (Phi) is 5.28. The lowest BCUT2D eigenvalue weighted by molar-refractivity contribution is -0.117. The Balaban J connectivity index is 1.53. The van der Waals surface area contributed by atoms with Crippen LogP contribution in [0, 0.1) is 0 Å². The van der Waals surface area contributed by atoms with Crippen molar-refractivity contribution in [2.24, 2.45) is 0 Å². The smallest absolute Gasteiger partial charge is 0.251 e. The van der Waals surface area contributed by atoms with Crippen LogP contribution in [0.15, 0.2) is 24.3 Å². The van der Waals surface area contributed by atoms with E-state index in [1.54, 1.807) is 24.3 Å². The molecule has 1 unspecified atom stereocenters. The van der Waals surface area contributed by atoms with Gasteiger partial charge < -0.3 is 16.0 Å². The number of hydrogen-bond donors (Lipinski definition) is 3. The number of benzene rings is 1. The second-order valence-corrected chi connectivity index (χ2v) is 6.52. The van der Waals surface area contributed by atoms with E-state index in [1.165, 1.54) is 19.3 Å². The Morgan fingerprint density at radius 1 is 0.957 bits per heavy atom. The number of carbonyl (C=O) groups is 2. The summed E-state index contributed by atoms with van der Waals surface area (Å²) in [5.41, 5.74) is 1.38. The van der Waals surface area contributed by atoms with Gasteiger partial charge in [-0.05, 0) is 56.5 Å². The molecule has 0 aromatic heterocycles. The van der Waals surface area contributed by atoms with Gasteiger partial charge in [0.1, 0.15) is 0 Å². The Bertz CT molecular complexity index is 544. The first-order valence-corrected chi connectivity index (χ1v) is 8.67. The van der Waals surface area contributed by atoms with Crippen LogP contribution in [0.5, 0.6) is 0 Å². The molecule has 1 aromatic carbocycles. The molecule has 23 heavy (non-hydrogen) atoms. The second kappa shape index (κ2) is 7.59. The molecule has 2 aliphatic rings. The first kappa shape index (κ1) is 16.0. The number of hydrogen-bond acceptors (Lipinski definition) is 3. The zero-order valence-electron chi connectivity index (χ0n) is 13.4. The molecule has 1 heterocycles. The maximum atomic E-state index is 12.2. The molecule has 3 rings (SSSR count). The quantitative estimate of drug-likeness (QED) is 0.799. The van der Waals surface area contributed by atoms with E-state index in [9.17, 15) is 9.59 Å². The highest BCUT2D eigenvalue weighted by molar-refractivity contribution is 5.97. The molecule has 2 fully saturated rings. The summed E-state index contributed by atoms with van der Waals surface area (Å²) in [4.78, 5) is 24.3. The van der Waals surface area contributed by atoms with Crippen LogP contribution in [0.4, 0.5) is 5.69 Å². The fourth-order valence-corrected chi connectivity index (χ4v) is 3.36. The highest BCUT2D eigenvalue weighted by Crippen LogP contribution is 2.18. The van der Waals surface area contributed by atoms with Gasteiger partial charge in [-0.1, -0.05) is 19.3 Å². The molecule has 0 radical (unpaired) electrons. The molecule has 5 heteroatoms. The van der Waals surface area contributed by atoms with E-state index in [2.05, 4.69) is 16.0 Å². The van der Waals surface area contributed by atoms with E-state index in [4.69, 9.17) is 0 Å². The summed E-state index contributed by atoms with van der Waals surface area (Å²) in [5, 5.41) is 9.18. The summed E-state index contributed by atoms with van der Waals surface area (Å²) in [6, 6.07) is 7.35. The van der Waals surface area contributed by atoms with Crippen LogP contribution >= 0.6 is 0 Å². The molecular formula is C18H25N3O2. The van der Waals surface area contributed by atoms with Crippen LogP contribution in [0.3, 0.4) is 0 Å². The van der Waals surface area contributed by atoms with Gasteiger partial charge in [0.05, 0.1) is 6.04 Å². The van der Waals surface area contributed by atoms with Gasteiger partial charge in [0.2, 0.25) is 5.91 Å². The lowest BCUT2D eigenvalue weighted by Gasteiger charge is -2.22. The largest absolute Gasteiger partial charge is 0.349 e. The van der Waals surface area contributed by atoms with Gasteiger partial charge in [0, 0.05) is 17.3 Å². The third kappa shape index (κ3) is 4.32. The summed E-state index contributed by atoms with van der Waals surface area (Å²) in [6.45, 7) is 0.901. The molecule has 1 atom stereocenters. The minimum absolute atomic E-state index is 0.00177. The first-order chi connectivity index (χ1) is 11.2. The Labute approximate surface area is 137 Å². The average molecular weight is 315 g/mol. The molecule has 124 valence electrons. The fraction of sp³-hybridized carbons (Fsp3) is 0.556. The molecule has 3 N–H and O–H groups in total. The van der Waals surface area contributed by atoms with Gasteiger partial charge in [0.25, 0.3) is 5.91 Å². The van der Waals surface area contributed by atoms with Crippen molar-refractivity contribution in [3.05, 3.63) is 29.8 Å². The minimum Gasteiger partial charge on any atom is -0.349 e. The van der Waals surface area contributed by atoms with Gasteiger partial charge >= 0.3 is 0 Å². The van der Waals surface area contributed by atoms with E-state index in [0.717, 1.165) is 37.9 Å². The predicted molar refractivity (Wildman–Crippen MR) is 90.4 cm³/mol. The van der Waals surface area contributed by atoms with Crippen molar-refractivity contribution in [3.63, 3.8) is 0 Å². The first-order valence-electron chi connectivity index (χ1n) is 8.67. The van der Waals surface area contributed by atoms with Crippen molar-refractivity contribution < 1.29 is 9.59 Å². The number of amides is 2. The monoisotopic (exact) mass is 315 g/mol. The van der Waals surface area contributed by atoms with Crippen molar-refractivity contribution in [1.82, 2.24) is 10.6 Å². The van der Waals surface area contributed by atoms with Crippen molar-refractivity contribution in [2.45, 2.75) is 57.0 Å². The van der Waals surface area contributed by atoms with Gasteiger partial charge in [-0.3, -0.25) is 9.59 Å². The molecule has 0 bridgehead atoms. The van der Waals surface area contributed by atoms with E-state index in [1.807, 2.05) is 0 Å². The van der Waals surface area contributed by atoms with Gasteiger partial charge in [0.15, 0.2) is 0 Å². The Morgan fingerprint density at radius 2 is 1.70 bits per heavy atom. The van der Waals surface area contributed by atoms with Crippen molar-refractivity contribution in [3.8, 4) is 0 Å². The van der Waals surface area contributed by atoms with Crippen LogP contribution in [0.1, 0.15) is 55.3 Å². The molecule has 1 aliphatic heterocycles. The van der Waals surface area contributed by atoms with Crippen LogP contribution in [0.25, 0.3) is 0 Å². The molecular weight excluding hydrogens is 290 g/mol. The fourth-order valence-electron chi connectivity index (χ4n) is 3.36. The van der Waals surface area contributed by atoms with Crippen LogP contribution in [-0.4, -0.2) is 30.4 Å². The van der Waals surface area contributed by atoms with Gasteiger partial charge in [-0.15, -0.1) is 0 Å². The SMILES string of the molecule is O=C(NC1CCCCC1)c1ccc(NC(=O)C2CCCN2)cc1. The van der Waals surface area contributed by atoms with E-state index >= 15 is 0 Å². The summed E-state index contributed by atoms with van der Waals surface area (Å²) < 4.78 is 0. The lowest BCUT2D eigenvalue weighted by atomic mass is 9.95. The normalized spacial score (nSPS) is 21.8. The standard InChI is InChI=1S/C18H25N3O2/c22-17(20-14-5-2-1-3-6-14)13-8-10-15(11-9-13)21-18(23)16-7-4-12-19-16/h8-11,14,16,19H,1-7,12H2,(H,20,22)(H,21,23). The highest BCUT2D eigenvalue weighted by Gasteiger charge is 2.22. The third-order valence-electron chi connectivity index (χ3n) is 4.73. The molecule has 1 saturated carbocycles. The summed E-state index contributed by atoms with van der Waals surface area (Å²) >= 11 is 0. The average Bonchev–Trinajstić information content (AvgIpc) is 3.11. The van der Waals surface area contributed by atoms with E-state index < -0.39 is 0 Å². The van der Waals surface area contributed by atoms with Gasteiger partial charge in [-0.2, -0.15) is 0 Å². The minimum atomic E-state index is -0.0933.